The Kier molecular flexibility index (Phi) is 4.34. The smallest absolute Gasteiger partial charge is 0.171 e. The van der Waals surface area contributed by atoms with Crippen molar-refractivity contribution in [3.8, 4) is 0 Å². The summed E-state index contributed by atoms with van der Waals surface area (Å²) in [7, 11) is 0. The number of ether oxygens (including phenoxy) is 2. The van der Waals surface area contributed by atoms with Crippen molar-refractivity contribution in [1.29, 1.82) is 0 Å². The Morgan fingerprint density at radius 3 is 2.58 bits per heavy atom. The summed E-state index contributed by atoms with van der Waals surface area (Å²) in [4.78, 5) is 12.1. The van der Waals surface area contributed by atoms with Crippen LogP contribution in [0.25, 0.3) is 0 Å². The molecule has 2 saturated heterocycles. The number of ketones is 1. The van der Waals surface area contributed by atoms with E-state index in [-0.39, 0.29) is 16.9 Å². The van der Waals surface area contributed by atoms with E-state index in [1.165, 1.54) is 12.0 Å². The van der Waals surface area contributed by atoms with Gasteiger partial charge < -0.3 is 14.6 Å². The predicted octanol–water partition coefficient (Wildman–Crippen LogP) is 5.04. The molecule has 2 aliphatic heterocycles. The zero-order valence-electron chi connectivity index (χ0n) is 19.8. The molecule has 6 aliphatic rings. The van der Waals surface area contributed by atoms with Crippen LogP contribution in [0.1, 0.15) is 85.5 Å². The molecule has 5 fully saturated rings. The van der Waals surface area contributed by atoms with Crippen LogP contribution in [0.4, 0.5) is 0 Å². The second-order valence-electron chi connectivity index (χ2n) is 12.6. The zero-order valence-corrected chi connectivity index (χ0v) is 19.8. The zero-order chi connectivity index (χ0) is 21.8. The molecule has 0 radical (unpaired) electrons. The van der Waals surface area contributed by atoms with Crippen LogP contribution in [-0.4, -0.2) is 35.0 Å². The molecule has 0 aromatic carbocycles. The standard InChI is InChI=1S/C27H40O4/c1-16-7-12-27(30-15-16)17(2)23-22(31-27)14-26(29)21-6-5-18-13-19(28)8-10-24(18,3)20(21)9-11-25(23,26)4/h13,16-17,20-23,29H,5-12,14-15H2,1-4H3. The number of hydrogen-bond acceptors (Lipinski definition) is 4. The first kappa shape index (κ1) is 20.9. The van der Waals surface area contributed by atoms with Crippen LogP contribution < -0.4 is 0 Å². The molecule has 31 heavy (non-hydrogen) atoms. The summed E-state index contributed by atoms with van der Waals surface area (Å²) >= 11 is 0. The summed E-state index contributed by atoms with van der Waals surface area (Å²) in [5.41, 5.74) is 0.667. The number of carbonyl (C=O) groups excluding carboxylic acids is 1. The van der Waals surface area contributed by atoms with E-state index < -0.39 is 11.4 Å². The highest BCUT2D eigenvalue weighted by molar-refractivity contribution is 5.91. The average molecular weight is 429 g/mol. The van der Waals surface area contributed by atoms with Crippen molar-refractivity contribution in [2.45, 2.75) is 103 Å². The van der Waals surface area contributed by atoms with E-state index in [0.717, 1.165) is 51.6 Å². The van der Waals surface area contributed by atoms with Gasteiger partial charge in [0.1, 0.15) is 0 Å². The number of aliphatic hydroxyl groups is 1. The molecule has 4 heteroatoms. The van der Waals surface area contributed by atoms with Crippen LogP contribution >= 0.6 is 0 Å². The van der Waals surface area contributed by atoms with Crippen LogP contribution in [0.2, 0.25) is 0 Å². The highest BCUT2D eigenvalue weighted by Crippen LogP contribution is 2.72. The molecule has 2 heterocycles. The molecule has 4 nitrogen and oxygen atoms in total. The third-order valence-corrected chi connectivity index (χ3v) is 11.4. The Bertz CT molecular complexity index is 825. The van der Waals surface area contributed by atoms with Gasteiger partial charge in [-0.05, 0) is 67.8 Å². The fraction of sp³-hybridized carbons (Fsp3) is 0.889. The minimum atomic E-state index is -0.668. The highest BCUT2D eigenvalue weighted by atomic mass is 16.7. The van der Waals surface area contributed by atoms with Crippen molar-refractivity contribution in [2.24, 2.45) is 40.4 Å². The van der Waals surface area contributed by atoms with Crippen LogP contribution in [0.3, 0.4) is 0 Å². The largest absolute Gasteiger partial charge is 0.389 e. The molecule has 10 atom stereocenters. The van der Waals surface area contributed by atoms with Gasteiger partial charge >= 0.3 is 0 Å². The molecular formula is C27H40O4. The maximum absolute atomic E-state index is 12.5. The quantitative estimate of drug-likeness (QED) is 0.587. The van der Waals surface area contributed by atoms with E-state index in [0.29, 0.717) is 41.8 Å². The maximum Gasteiger partial charge on any atom is 0.171 e. The summed E-state index contributed by atoms with van der Waals surface area (Å²) in [6.07, 6.45) is 10.8. The lowest BCUT2D eigenvalue weighted by Gasteiger charge is -2.62. The summed E-state index contributed by atoms with van der Waals surface area (Å²) in [5.74, 6) is 1.96. The summed E-state index contributed by atoms with van der Waals surface area (Å²) in [5, 5.41) is 12.5. The van der Waals surface area contributed by atoms with Crippen LogP contribution in [0, 0.1) is 40.4 Å². The lowest BCUT2D eigenvalue weighted by molar-refractivity contribution is -0.280. The molecule has 1 N–H and O–H groups in total. The first-order valence-corrected chi connectivity index (χ1v) is 12.9. The van der Waals surface area contributed by atoms with Gasteiger partial charge in [0.2, 0.25) is 0 Å². The molecule has 172 valence electrons. The van der Waals surface area contributed by atoms with Crippen LogP contribution in [0.5, 0.6) is 0 Å². The molecule has 4 aliphatic carbocycles. The summed E-state index contributed by atoms with van der Waals surface area (Å²) in [6, 6.07) is 0. The third-order valence-electron chi connectivity index (χ3n) is 11.4. The van der Waals surface area contributed by atoms with E-state index >= 15 is 0 Å². The topological polar surface area (TPSA) is 55.8 Å². The molecule has 3 saturated carbocycles. The van der Waals surface area contributed by atoms with Crippen molar-refractivity contribution in [3.63, 3.8) is 0 Å². The molecular weight excluding hydrogens is 388 g/mol. The first-order valence-electron chi connectivity index (χ1n) is 12.9. The monoisotopic (exact) mass is 428 g/mol. The van der Waals surface area contributed by atoms with Crippen LogP contribution in [-0.2, 0) is 14.3 Å². The fourth-order valence-electron chi connectivity index (χ4n) is 9.55. The summed E-state index contributed by atoms with van der Waals surface area (Å²) < 4.78 is 13.2. The first-order chi connectivity index (χ1) is 14.6. The van der Waals surface area contributed by atoms with Gasteiger partial charge in [-0.3, -0.25) is 4.79 Å². The van der Waals surface area contributed by atoms with E-state index in [2.05, 4.69) is 27.7 Å². The van der Waals surface area contributed by atoms with Crippen molar-refractivity contribution < 1.29 is 19.4 Å². The second kappa shape index (κ2) is 6.45. The van der Waals surface area contributed by atoms with E-state index in [1.54, 1.807) is 0 Å². The Morgan fingerprint density at radius 1 is 1.03 bits per heavy atom. The van der Waals surface area contributed by atoms with Crippen molar-refractivity contribution in [2.75, 3.05) is 6.61 Å². The SMILES string of the molecule is CC1CCC2(OC1)OC1CC3(O)C4CCC5=CC(=O)CCC5(C)C4CCC3(C)C1C2C. The van der Waals surface area contributed by atoms with Gasteiger partial charge in [0.25, 0.3) is 0 Å². The summed E-state index contributed by atoms with van der Waals surface area (Å²) in [6.45, 7) is 10.1. The lowest BCUT2D eigenvalue weighted by Crippen LogP contribution is -2.62. The van der Waals surface area contributed by atoms with Gasteiger partial charge in [0.15, 0.2) is 11.6 Å². The normalized spacial score (nSPS) is 58.4. The average Bonchev–Trinajstić information content (AvgIpc) is 3.12. The molecule has 0 bridgehead atoms. The number of fused-ring (bicyclic) bond motifs is 7. The molecule has 6 rings (SSSR count). The molecule has 0 amide bonds. The number of allylic oxidation sites excluding steroid dienone is 1. The third kappa shape index (κ3) is 2.51. The molecule has 1 spiro atoms. The van der Waals surface area contributed by atoms with Gasteiger partial charge in [0, 0.05) is 36.5 Å². The fourth-order valence-corrected chi connectivity index (χ4v) is 9.55. The van der Waals surface area contributed by atoms with Gasteiger partial charge in [0.05, 0.1) is 18.3 Å². The molecule has 10 unspecified atom stereocenters. The van der Waals surface area contributed by atoms with Gasteiger partial charge in [-0.2, -0.15) is 0 Å². The van der Waals surface area contributed by atoms with Gasteiger partial charge in [-0.15, -0.1) is 0 Å². The van der Waals surface area contributed by atoms with E-state index in [9.17, 15) is 9.90 Å². The van der Waals surface area contributed by atoms with E-state index in [1.807, 2.05) is 6.08 Å². The Balaban J connectivity index is 1.33. The van der Waals surface area contributed by atoms with Crippen molar-refractivity contribution in [3.05, 3.63) is 11.6 Å². The minimum absolute atomic E-state index is 0.0852. The van der Waals surface area contributed by atoms with Gasteiger partial charge in [-0.25, -0.2) is 0 Å². The van der Waals surface area contributed by atoms with Crippen molar-refractivity contribution in [1.82, 2.24) is 0 Å². The van der Waals surface area contributed by atoms with E-state index in [4.69, 9.17) is 9.47 Å². The second-order valence-corrected chi connectivity index (χ2v) is 12.6. The predicted molar refractivity (Wildman–Crippen MR) is 118 cm³/mol. The molecule has 0 aromatic rings. The number of hydrogen-bond donors (Lipinski definition) is 1. The van der Waals surface area contributed by atoms with Crippen LogP contribution in [0.15, 0.2) is 11.6 Å². The van der Waals surface area contributed by atoms with Gasteiger partial charge in [-0.1, -0.05) is 33.3 Å². The number of carbonyl (C=O) groups is 1. The maximum atomic E-state index is 12.5. The highest BCUT2D eigenvalue weighted by Gasteiger charge is 2.74. The Labute approximate surface area is 187 Å². The Morgan fingerprint density at radius 2 is 1.84 bits per heavy atom. The lowest BCUT2D eigenvalue weighted by atomic mass is 9.44. The molecule has 0 aromatic heterocycles. The number of rotatable bonds is 0. The minimum Gasteiger partial charge on any atom is -0.389 e. The van der Waals surface area contributed by atoms with Crippen molar-refractivity contribution >= 4 is 5.78 Å². The Hall–Kier alpha value is -0.710.